The first-order valence-electron chi connectivity index (χ1n) is 8.59. The predicted molar refractivity (Wildman–Crippen MR) is 103 cm³/mol. The maximum atomic E-state index is 6.31. The number of nitrogens with zero attached hydrogens (tertiary/aromatic N) is 5. The zero-order chi connectivity index (χ0) is 19.5. The van der Waals surface area contributed by atoms with Gasteiger partial charge < -0.3 is 9.47 Å². The molecule has 1 saturated carbocycles. The van der Waals surface area contributed by atoms with E-state index in [1.807, 2.05) is 18.2 Å². The van der Waals surface area contributed by atoms with Crippen LogP contribution in [0.15, 0.2) is 36.8 Å². The molecule has 0 unspecified atom stereocenters. The minimum absolute atomic E-state index is 0.219. The van der Waals surface area contributed by atoms with Crippen molar-refractivity contribution in [1.82, 2.24) is 25.1 Å². The lowest BCUT2D eigenvalue weighted by Crippen LogP contribution is -2.00. The van der Waals surface area contributed by atoms with E-state index in [0.717, 1.165) is 17.5 Å². The minimum Gasteiger partial charge on any atom is -0.480 e. The molecule has 0 bridgehead atoms. The van der Waals surface area contributed by atoms with E-state index in [4.69, 9.17) is 21.1 Å². The molecule has 1 aliphatic rings. The van der Waals surface area contributed by atoms with E-state index >= 15 is 0 Å². The van der Waals surface area contributed by atoms with E-state index < -0.39 is 0 Å². The van der Waals surface area contributed by atoms with Crippen molar-refractivity contribution in [2.24, 2.45) is 5.92 Å². The molecule has 3 aromatic rings. The van der Waals surface area contributed by atoms with E-state index in [9.17, 15) is 0 Å². The van der Waals surface area contributed by atoms with Crippen molar-refractivity contribution in [2.75, 3.05) is 14.2 Å². The fourth-order valence-electron chi connectivity index (χ4n) is 2.87. The summed E-state index contributed by atoms with van der Waals surface area (Å²) < 4.78 is 10.4. The van der Waals surface area contributed by atoms with Gasteiger partial charge >= 0.3 is 6.01 Å². The third-order valence-electron chi connectivity index (χ3n) is 4.43. The lowest BCUT2D eigenvalue weighted by Gasteiger charge is -2.09. The van der Waals surface area contributed by atoms with Gasteiger partial charge in [0.2, 0.25) is 5.88 Å². The number of hydrogen-bond acceptors (Lipinski definition) is 7. The first kappa shape index (κ1) is 18.1. The summed E-state index contributed by atoms with van der Waals surface area (Å²) in [7, 11) is 3.02. The maximum Gasteiger partial charge on any atom is 0.319 e. The third-order valence-corrected chi connectivity index (χ3v) is 4.73. The Morgan fingerprint density at radius 2 is 1.96 bits per heavy atom. The zero-order valence-corrected chi connectivity index (χ0v) is 16.0. The highest BCUT2D eigenvalue weighted by atomic mass is 35.5. The molecule has 3 heterocycles. The van der Waals surface area contributed by atoms with Crippen molar-refractivity contribution >= 4 is 11.6 Å². The zero-order valence-electron chi connectivity index (χ0n) is 15.3. The lowest BCUT2D eigenvalue weighted by atomic mass is 10.1. The maximum absolute atomic E-state index is 6.31. The standard InChI is InChI=1S/C20H16ClN5O2/c1-27-19-16(11-23-20(24-19)28-2)17-10-15(18(21)26-25-17)14-9-13(14)4-3-12-5-7-22-8-6-12/h5-8,10-11,13-14H,9H2,1-2H3/t13-,14-/m0/s1. The Morgan fingerprint density at radius 1 is 1.14 bits per heavy atom. The van der Waals surface area contributed by atoms with Gasteiger partial charge in [0, 0.05) is 36.0 Å². The Bertz CT molecular complexity index is 1070. The summed E-state index contributed by atoms with van der Waals surface area (Å²) >= 11 is 6.31. The average Bonchev–Trinajstić information content (AvgIpc) is 3.52. The largest absolute Gasteiger partial charge is 0.480 e. The molecule has 140 valence electrons. The van der Waals surface area contributed by atoms with Gasteiger partial charge in [-0.15, -0.1) is 10.2 Å². The highest BCUT2D eigenvalue weighted by Crippen LogP contribution is 2.49. The van der Waals surface area contributed by atoms with Crippen LogP contribution in [-0.2, 0) is 0 Å². The van der Waals surface area contributed by atoms with Crippen LogP contribution in [0.2, 0.25) is 5.15 Å². The summed E-state index contributed by atoms with van der Waals surface area (Å²) in [5.41, 5.74) is 3.07. The van der Waals surface area contributed by atoms with Gasteiger partial charge in [-0.1, -0.05) is 23.4 Å². The first-order chi connectivity index (χ1) is 13.7. The van der Waals surface area contributed by atoms with E-state index in [1.165, 1.54) is 14.2 Å². The normalized spacial score (nSPS) is 17.4. The number of hydrogen-bond donors (Lipinski definition) is 0. The second-order valence-corrected chi connectivity index (χ2v) is 6.57. The fraction of sp³-hybridized carbons (Fsp3) is 0.250. The van der Waals surface area contributed by atoms with Crippen LogP contribution < -0.4 is 9.47 Å². The molecule has 8 heteroatoms. The monoisotopic (exact) mass is 393 g/mol. The molecule has 0 aromatic carbocycles. The van der Waals surface area contributed by atoms with Gasteiger partial charge in [-0.05, 0) is 30.2 Å². The number of rotatable bonds is 4. The van der Waals surface area contributed by atoms with Gasteiger partial charge in [-0.25, -0.2) is 4.98 Å². The van der Waals surface area contributed by atoms with Crippen LogP contribution in [0.25, 0.3) is 11.3 Å². The van der Waals surface area contributed by atoms with Crippen molar-refractivity contribution in [2.45, 2.75) is 12.3 Å². The summed E-state index contributed by atoms with van der Waals surface area (Å²) in [6, 6.07) is 5.90. The third kappa shape index (κ3) is 3.73. The summed E-state index contributed by atoms with van der Waals surface area (Å²) in [5.74, 6) is 7.29. The molecule has 1 fully saturated rings. The second kappa shape index (κ2) is 7.79. The van der Waals surface area contributed by atoms with Crippen LogP contribution >= 0.6 is 11.6 Å². The molecule has 4 rings (SSSR count). The molecule has 0 N–H and O–H groups in total. The van der Waals surface area contributed by atoms with E-state index in [0.29, 0.717) is 22.3 Å². The lowest BCUT2D eigenvalue weighted by molar-refractivity contribution is 0.353. The van der Waals surface area contributed by atoms with Crippen LogP contribution in [0.5, 0.6) is 11.9 Å². The van der Waals surface area contributed by atoms with Crippen LogP contribution in [-0.4, -0.2) is 39.4 Å². The van der Waals surface area contributed by atoms with Gasteiger partial charge in [0.1, 0.15) is 5.69 Å². The smallest absolute Gasteiger partial charge is 0.319 e. The minimum atomic E-state index is 0.219. The molecule has 0 spiro atoms. The molecule has 1 aliphatic carbocycles. The number of methoxy groups -OCH3 is 2. The molecule has 0 aliphatic heterocycles. The van der Waals surface area contributed by atoms with Crippen LogP contribution in [0.3, 0.4) is 0 Å². The Hall–Kier alpha value is -3.24. The highest BCUT2D eigenvalue weighted by Gasteiger charge is 2.39. The first-order valence-corrected chi connectivity index (χ1v) is 8.97. The summed E-state index contributed by atoms with van der Waals surface area (Å²) in [5, 5.41) is 8.66. The predicted octanol–water partition coefficient (Wildman–Crippen LogP) is 3.15. The highest BCUT2D eigenvalue weighted by molar-refractivity contribution is 6.30. The quantitative estimate of drug-likeness (QED) is 0.629. The fourth-order valence-corrected chi connectivity index (χ4v) is 3.11. The number of aromatic nitrogens is 5. The number of halogens is 1. The second-order valence-electron chi connectivity index (χ2n) is 6.21. The molecule has 3 aromatic heterocycles. The van der Waals surface area contributed by atoms with Crippen LogP contribution in [0.4, 0.5) is 0 Å². The molecule has 0 saturated heterocycles. The Kier molecular flexibility index (Phi) is 5.04. The van der Waals surface area contributed by atoms with Gasteiger partial charge in [0.25, 0.3) is 0 Å². The molecule has 7 nitrogen and oxygen atoms in total. The molecule has 2 atom stereocenters. The molecule has 28 heavy (non-hydrogen) atoms. The van der Waals surface area contributed by atoms with Gasteiger partial charge in [0.15, 0.2) is 5.15 Å². The van der Waals surface area contributed by atoms with Crippen molar-refractivity contribution in [3.63, 3.8) is 0 Å². The SMILES string of the molecule is COc1ncc(-c2cc([C@H]3C[C@@H]3C#Cc3ccncc3)c(Cl)nn2)c(OC)n1. The van der Waals surface area contributed by atoms with Crippen molar-refractivity contribution in [3.05, 3.63) is 53.1 Å². The Balaban J connectivity index is 1.60. The van der Waals surface area contributed by atoms with E-state index in [-0.39, 0.29) is 17.8 Å². The van der Waals surface area contributed by atoms with Gasteiger partial charge in [-0.3, -0.25) is 4.98 Å². The van der Waals surface area contributed by atoms with Crippen LogP contribution in [0, 0.1) is 17.8 Å². The van der Waals surface area contributed by atoms with E-state index in [2.05, 4.69) is 37.0 Å². The Morgan fingerprint density at radius 3 is 2.71 bits per heavy atom. The summed E-state index contributed by atoms with van der Waals surface area (Å²) in [4.78, 5) is 12.3. The summed E-state index contributed by atoms with van der Waals surface area (Å²) in [6.07, 6.45) is 5.99. The number of ether oxygens (including phenoxy) is 2. The number of pyridine rings is 1. The van der Waals surface area contributed by atoms with Crippen LogP contribution in [0.1, 0.15) is 23.5 Å². The van der Waals surface area contributed by atoms with Crippen molar-refractivity contribution < 1.29 is 9.47 Å². The molecular weight excluding hydrogens is 378 g/mol. The molecule has 0 radical (unpaired) electrons. The average molecular weight is 394 g/mol. The molecular formula is C20H16ClN5O2. The van der Waals surface area contributed by atoms with Crippen molar-refractivity contribution in [3.8, 4) is 35.0 Å². The van der Waals surface area contributed by atoms with Crippen molar-refractivity contribution in [1.29, 1.82) is 0 Å². The van der Waals surface area contributed by atoms with Gasteiger partial charge in [0.05, 0.1) is 19.8 Å². The van der Waals surface area contributed by atoms with E-state index in [1.54, 1.807) is 18.6 Å². The molecule has 0 amide bonds. The van der Waals surface area contributed by atoms with Gasteiger partial charge in [-0.2, -0.15) is 4.98 Å². The topological polar surface area (TPSA) is 82.9 Å². The summed E-state index contributed by atoms with van der Waals surface area (Å²) in [6.45, 7) is 0. The Labute approximate surface area is 167 Å².